The molecule has 0 saturated carbocycles. The fourth-order valence-electron chi connectivity index (χ4n) is 3.78. The number of rotatable bonds is 6. The SMILES string of the molecule is CC(C)(C)Oc1cc(CCC(C)(C)N2Cc3ccc(S(C)(=N)=O)cc3C2)ccc1O. The van der Waals surface area contributed by atoms with Gasteiger partial charge in [-0.05, 0) is 88.4 Å². The summed E-state index contributed by atoms with van der Waals surface area (Å²) < 4.78 is 25.8. The quantitative estimate of drug-likeness (QED) is 0.649. The fraction of sp³-hybridized carbons (Fsp3) is 0.500. The molecule has 0 aliphatic carbocycles. The number of ether oxygens (including phenoxy) is 1. The van der Waals surface area contributed by atoms with E-state index in [0.717, 1.165) is 31.5 Å². The summed E-state index contributed by atoms with van der Waals surface area (Å²) in [5.41, 5.74) is 3.17. The maximum absolute atomic E-state index is 12.1. The zero-order valence-electron chi connectivity index (χ0n) is 18.9. The molecule has 0 spiro atoms. The summed E-state index contributed by atoms with van der Waals surface area (Å²) in [6.07, 6.45) is 3.30. The number of phenols is 1. The summed E-state index contributed by atoms with van der Waals surface area (Å²) in [6.45, 7) is 12.1. The van der Waals surface area contributed by atoms with E-state index in [0.29, 0.717) is 10.6 Å². The van der Waals surface area contributed by atoms with Gasteiger partial charge in [0.2, 0.25) is 0 Å². The molecule has 30 heavy (non-hydrogen) atoms. The standard InChI is InChI=1S/C24H34N2O3S/c1-23(2,3)29-22-13-17(7-10-21(22)27)11-12-24(4,5)26-15-18-8-9-20(30(6,25)28)14-19(18)16-26/h7-10,13-14,25,27H,11-12,15-16H2,1-6H3. The summed E-state index contributed by atoms with van der Waals surface area (Å²) in [4.78, 5) is 3.05. The van der Waals surface area contributed by atoms with E-state index in [1.807, 2.05) is 51.1 Å². The van der Waals surface area contributed by atoms with E-state index in [2.05, 4.69) is 18.7 Å². The molecule has 2 aromatic rings. The van der Waals surface area contributed by atoms with Gasteiger partial charge in [0, 0.05) is 29.8 Å². The molecular formula is C24H34N2O3S. The molecule has 0 aromatic heterocycles. The highest BCUT2D eigenvalue weighted by molar-refractivity contribution is 7.91. The van der Waals surface area contributed by atoms with E-state index in [1.54, 1.807) is 6.07 Å². The van der Waals surface area contributed by atoms with Crippen LogP contribution < -0.4 is 4.74 Å². The second-order valence-corrected chi connectivity index (χ2v) is 12.1. The van der Waals surface area contributed by atoms with E-state index < -0.39 is 9.73 Å². The molecule has 0 saturated heterocycles. The number of nitrogens with one attached hydrogen (secondary N) is 1. The van der Waals surface area contributed by atoms with Crippen LogP contribution in [0.15, 0.2) is 41.3 Å². The average Bonchev–Trinajstić information content (AvgIpc) is 3.05. The summed E-state index contributed by atoms with van der Waals surface area (Å²) in [6, 6.07) is 11.4. The van der Waals surface area contributed by atoms with Gasteiger partial charge >= 0.3 is 0 Å². The van der Waals surface area contributed by atoms with Crippen molar-refractivity contribution in [2.24, 2.45) is 0 Å². The molecule has 1 atom stereocenters. The van der Waals surface area contributed by atoms with Crippen LogP contribution in [0.25, 0.3) is 0 Å². The Bertz CT molecular complexity index is 1040. The third kappa shape index (κ3) is 5.35. The van der Waals surface area contributed by atoms with Crippen LogP contribution in [0, 0.1) is 4.78 Å². The van der Waals surface area contributed by atoms with Gasteiger partial charge in [0.05, 0.1) is 9.73 Å². The lowest BCUT2D eigenvalue weighted by Crippen LogP contribution is -2.40. The smallest absolute Gasteiger partial charge is 0.161 e. The first kappa shape index (κ1) is 22.6. The second kappa shape index (κ2) is 7.89. The Balaban J connectivity index is 1.69. The molecule has 3 rings (SSSR count). The number of fused-ring (bicyclic) bond motifs is 1. The van der Waals surface area contributed by atoms with Crippen molar-refractivity contribution in [1.29, 1.82) is 4.78 Å². The van der Waals surface area contributed by atoms with E-state index in [9.17, 15) is 9.32 Å². The number of aromatic hydroxyl groups is 1. The van der Waals surface area contributed by atoms with Gasteiger partial charge in [0.15, 0.2) is 11.5 Å². The van der Waals surface area contributed by atoms with Crippen molar-refractivity contribution in [1.82, 2.24) is 4.90 Å². The molecule has 2 aromatic carbocycles. The van der Waals surface area contributed by atoms with Crippen molar-refractivity contribution in [3.05, 3.63) is 53.1 Å². The van der Waals surface area contributed by atoms with Gasteiger partial charge in [-0.1, -0.05) is 12.1 Å². The number of nitrogens with zero attached hydrogens (tertiary/aromatic N) is 1. The lowest BCUT2D eigenvalue weighted by Gasteiger charge is -2.35. The van der Waals surface area contributed by atoms with Crippen molar-refractivity contribution in [3.8, 4) is 11.5 Å². The Kier molecular flexibility index (Phi) is 5.95. The monoisotopic (exact) mass is 430 g/mol. The van der Waals surface area contributed by atoms with Crippen molar-refractivity contribution in [2.75, 3.05) is 6.26 Å². The Morgan fingerprint density at radius 2 is 1.73 bits per heavy atom. The van der Waals surface area contributed by atoms with Gasteiger partial charge in [-0.15, -0.1) is 0 Å². The van der Waals surface area contributed by atoms with Crippen LogP contribution in [0.5, 0.6) is 11.5 Å². The highest BCUT2D eigenvalue weighted by Gasteiger charge is 2.32. The zero-order chi connectivity index (χ0) is 22.3. The molecule has 1 aliphatic rings. The van der Waals surface area contributed by atoms with Crippen LogP contribution in [0.3, 0.4) is 0 Å². The molecule has 5 nitrogen and oxygen atoms in total. The van der Waals surface area contributed by atoms with Gasteiger partial charge in [-0.3, -0.25) is 4.90 Å². The number of hydrogen-bond acceptors (Lipinski definition) is 5. The lowest BCUT2D eigenvalue weighted by molar-refractivity contribution is 0.109. The number of aryl methyl sites for hydroxylation is 1. The average molecular weight is 431 g/mol. The largest absolute Gasteiger partial charge is 0.504 e. The summed E-state index contributed by atoms with van der Waals surface area (Å²) in [7, 11) is -2.70. The Morgan fingerprint density at radius 1 is 1.07 bits per heavy atom. The maximum atomic E-state index is 12.1. The van der Waals surface area contributed by atoms with Crippen LogP contribution >= 0.6 is 0 Å². The first-order chi connectivity index (χ1) is 13.7. The number of benzene rings is 2. The molecule has 1 heterocycles. The summed E-state index contributed by atoms with van der Waals surface area (Å²) >= 11 is 0. The third-order valence-corrected chi connectivity index (χ3v) is 6.83. The number of phenolic OH excluding ortho intramolecular Hbond substituents is 1. The third-order valence-electron chi connectivity index (χ3n) is 5.67. The molecule has 2 N–H and O–H groups in total. The van der Waals surface area contributed by atoms with Crippen LogP contribution in [0.4, 0.5) is 0 Å². The minimum atomic E-state index is -2.70. The van der Waals surface area contributed by atoms with Crippen LogP contribution in [-0.4, -0.2) is 31.6 Å². The predicted molar refractivity (Wildman–Crippen MR) is 122 cm³/mol. The van der Waals surface area contributed by atoms with Gasteiger partial charge in [-0.2, -0.15) is 0 Å². The molecule has 1 unspecified atom stereocenters. The molecule has 0 bridgehead atoms. The molecular weight excluding hydrogens is 396 g/mol. The second-order valence-electron chi connectivity index (χ2n) is 9.96. The van der Waals surface area contributed by atoms with Gasteiger partial charge in [-0.25, -0.2) is 8.99 Å². The Labute approximate surface area is 181 Å². The van der Waals surface area contributed by atoms with E-state index >= 15 is 0 Å². The molecule has 0 radical (unpaired) electrons. The zero-order valence-corrected chi connectivity index (χ0v) is 19.7. The van der Waals surface area contributed by atoms with Gasteiger partial charge in [0.25, 0.3) is 0 Å². The molecule has 1 aliphatic heterocycles. The van der Waals surface area contributed by atoms with Crippen molar-refractivity contribution in [2.45, 2.75) is 76.6 Å². The Hall–Kier alpha value is -2.05. The summed E-state index contributed by atoms with van der Waals surface area (Å²) in [5, 5.41) is 10.1. The highest BCUT2D eigenvalue weighted by Crippen LogP contribution is 2.35. The first-order valence-electron chi connectivity index (χ1n) is 10.4. The molecule has 164 valence electrons. The Morgan fingerprint density at radius 3 is 2.37 bits per heavy atom. The van der Waals surface area contributed by atoms with Crippen LogP contribution in [-0.2, 0) is 29.2 Å². The summed E-state index contributed by atoms with van der Waals surface area (Å²) in [5.74, 6) is 0.693. The lowest BCUT2D eigenvalue weighted by atomic mass is 9.93. The fourth-order valence-corrected chi connectivity index (χ4v) is 4.47. The topological polar surface area (TPSA) is 73.6 Å². The van der Waals surface area contributed by atoms with E-state index in [-0.39, 0.29) is 16.9 Å². The van der Waals surface area contributed by atoms with Crippen LogP contribution in [0.1, 0.15) is 57.7 Å². The first-order valence-corrected chi connectivity index (χ1v) is 12.3. The van der Waals surface area contributed by atoms with Gasteiger partial charge < -0.3 is 9.84 Å². The minimum Gasteiger partial charge on any atom is -0.504 e. The molecule has 0 fully saturated rings. The van der Waals surface area contributed by atoms with Crippen molar-refractivity contribution in [3.63, 3.8) is 0 Å². The van der Waals surface area contributed by atoms with E-state index in [4.69, 9.17) is 9.52 Å². The highest BCUT2D eigenvalue weighted by atomic mass is 32.2. The van der Waals surface area contributed by atoms with Crippen molar-refractivity contribution < 1.29 is 14.1 Å². The minimum absolute atomic E-state index is 0.0310. The molecule has 6 heteroatoms. The predicted octanol–water partition coefficient (Wildman–Crippen LogP) is 5.33. The maximum Gasteiger partial charge on any atom is 0.161 e. The normalized spacial score (nSPS) is 16.9. The van der Waals surface area contributed by atoms with Crippen molar-refractivity contribution >= 4 is 9.73 Å². The van der Waals surface area contributed by atoms with Crippen LogP contribution in [0.2, 0.25) is 0 Å². The molecule has 0 amide bonds. The number of hydrogen-bond donors (Lipinski definition) is 2. The van der Waals surface area contributed by atoms with E-state index in [1.165, 1.54) is 17.4 Å². The van der Waals surface area contributed by atoms with Gasteiger partial charge in [0.1, 0.15) is 5.60 Å².